The highest BCUT2D eigenvalue weighted by atomic mass is 16.5. The molecule has 1 aliphatic heterocycles. The van der Waals surface area contributed by atoms with Crippen LogP contribution in [0.25, 0.3) is 0 Å². The van der Waals surface area contributed by atoms with Crippen LogP contribution in [0.1, 0.15) is 34.4 Å². The van der Waals surface area contributed by atoms with E-state index in [1.165, 1.54) is 0 Å². The summed E-state index contributed by atoms with van der Waals surface area (Å²) in [4.78, 5) is 20.7. The van der Waals surface area contributed by atoms with Gasteiger partial charge < -0.3 is 15.4 Å². The van der Waals surface area contributed by atoms with Crippen LogP contribution >= 0.6 is 0 Å². The number of hydrogen-bond donors (Lipinski definition) is 2. The lowest BCUT2D eigenvalue weighted by Crippen LogP contribution is -2.34. The Morgan fingerprint density at radius 3 is 2.96 bits per heavy atom. The van der Waals surface area contributed by atoms with Crippen LogP contribution in [0, 0.1) is 6.92 Å². The fourth-order valence-electron chi connectivity index (χ4n) is 2.68. The van der Waals surface area contributed by atoms with Crippen LogP contribution in [0.15, 0.2) is 24.3 Å². The van der Waals surface area contributed by atoms with Crippen molar-refractivity contribution >= 4 is 11.7 Å². The van der Waals surface area contributed by atoms with Gasteiger partial charge in [-0.25, -0.2) is 9.97 Å². The SMILES string of the molecule is CCOc1ccccc1CNc1nc(C)nc2c1CCNC2=O. The van der Waals surface area contributed by atoms with Crippen LogP contribution in [0.4, 0.5) is 5.82 Å². The minimum atomic E-state index is -0.130. The number of rotatable bonds is 5. The Bertz CT molecular complexity index is 731. The summed E-state index contributed by atoms with van der Waals surface area (Å²) in [5.41, 5.74) is 2.41. The maximum Gasteiger partial charge on any atom is 0.270 e. The Balaban J connectivity index is 1.85. The van der Waals surface area contributed by atoms with Crippen molar-refractivity contribution < 1.29 is 9.53 Å². The van der Waals surface area contributed by atoms with Gasteiger partial charge in [0.15, 0.2) is 0 Å². The third-order valence-electron chi connectivity index (χ3n) is 3.71. The summed E-state index contributed by atoms with van der Waals surface area (Å²) in [6.07, 6.45) is 0.733. The number of ether oxygens (including phenoxy) is 1. The van der Waals surface area contributed by atoms with E-state index in [9.17, 15) is 4.79 Å². The van der Waals surface area contributed by atoms with Gasteiger partial charge in [0.05, 0.1) is 6.61 Å². The van der Waals surface area contributed by atoms with Crippen LogP contribution in [-0.4, -0.2) is 29.0 Å². The van der Waals surface area contributed by atoms with Gasteiger partial charge >= 0.3 is 0 Å². The molecule has 0 unspecified atom stereocenters. The molecule has 0 aliphatic carbocycles. The van der Waals surface area contributed by atoms with Gasteiger partial charge in [-0.3, -0.25) is 4.79 Å². The van der Waals surface area contributed by atoms with E-state index in [2.05, 4.69) is 20.6 Å². The molecule has 0 fully saturated rings. The van der Waals surface area contributed by atoms with Crippen LogP contribution in [0.5, 0.6) is 5.75 Å². The van der Waals surface area contributed by atoms with Gasteiger partial charge in [-0.15, -0.1) is 0 Å². The number of nitrogens with one attached hydrogen (secondary N) is 2. The molecule has 6 nitrogen and oxygen atoms in total. The first kappa shape index (κ1) is 15.3. The molecule has 3 rings (SSSR count). The van der Waals surface area contributed by atoms with Crippen molar-refractivity contribution in [3.63, 3.8) is 0 Å². The normalized spacial score (nSPS) is 13.2. The molecule has 120 valence electrons. The number of carbonyl (C=O) groups is 1. The second-order valence-electron chi connectivity index (χ2n) is 5.35. The molecule has 1 aliphatic rings. The molecule has 0 saturated heterocycles. The van der Waals surface area contributed by atoms with Gasteiger partial charge in [0.25, 0.3) is 5.91 Å². The zero-order chi connectivity index (χ0) is 16.2. The standard InChI is InChI=1S/C17H20N4O2/c1-3-23-14-7-5-4-6-12(14)10-19-16-13-8-9-18-17(22)15(13)20-11(2)21-16/h4-7H,3,8-10H2,1-2H3,(H,18,22)(H,19,20,21). The van der Waals surface area contributed by atoms with Crippen molar-refractivity contribution in [3.8, 4) is 5.75 Å². The fraction of sp³-hybridized carbons (Fsp3) is 0.353. The Morgan fingerprint density at radius 1 is 1.30 bits per heavy atom. The van der Waals surface area contributed by atoms with Gasteiger partial charge in [-0.05, 0) is 26.3 Å². The van der Waals surface area contributed by atoms with Crippen molar-refractivity contribution in [1.29, 1.82) is 0 Å². The molecule has 1 aromatic heterocycles. The molecule has 23 heavy (non-hydrogen) atoms. The largest absolute Gasteiger partial charge is 0.494 e. The predicted octanol–water partition coefficient (Wildman–Crippen LogP) is 2.08. The topological polar surface area (TPSA) is 76.1 Å². The van der Waals surface area contributed by atoms with Gasteiger partial charge in [-0.2, -0.15) is 0 Å². The van der Waals surface area contributed by atoms with Crippen LogP contribution in [0.3, 0.4) is 0 Å². The highest BCUT2D eigenvalue weighted by Gasteiger charge is 2.22. The number of anilines is 1. The molecule has 2 heterocycles. The van der Waals surface area contributed by atoms with E-state index in [1.54, 1.807) is 6.92 Å². The second kappa shape index (κ2) is 6.64. The molecule has 1 aromatic carbocycles. The van der Waals surface area contributed by atoms with Crippen LogP contribution in [0.2, 0.25) is 0 Å². The average molecular weight is 312 g/mol. The highest BCUT2D eigenvalue weighted by Crippen LogP contribution is 2.23. The Hall–Kier alpha value is -2.63. The first-order chi connectivity index (χ1) is 11.2. The van der Waals surface area contributed by atoms with E-state index in [4.69, 9.17) is 4.74 Å². The minimum Gasteiger partial charge on any atom is -0.494 e. The molecular formula is C17H20N4O2. The number of carbonyl (C=O) groups excluding carboxylic acids is 1. The monoisotopic (exact) mass is 312 g/mol. The lowest BCUT2D eigenvalue weighted by Gasteiger charge is -2.20. The van der Waals surface area contributed by atoms with Crippen molar-refractivity contribution in [1.82, 2.24) is 15.3 Å². The molecule has 0 bridgehead atoms. The molecule has 0 spiro atoms. The van der Waals surface area contributed by atoms with Gasteiger partial charge in [0.1, 0.15) is 23.1 Å². The maximum absolute atomic E-state index is 12.0. The summed E-state index contributed by atoms with van der Waals surface area (Å²) < 4.78 is 5.64. The Kier molecular flexibility index (Phi) is 4.41. The summed E-state index contributed by atoms with van der Waals surface area (Å²) in [6, 6.07) is 7.91. The Labute approximate surface area is 135 Å². The number of nitrogens with zero attached hydrogens (tertiary/aromatic N) is 2. The average Bonchev–Trinajstić information content (AvgIpc) is 2.55. The van der Waals surface area contributed by atoms with E-state index in [0.29, 0.717) is 31.2 Å². The van der Waals surface area contributed by atoms with Crippen LogP contribution in [-0.2, 0) is 13.0 Å². The quantitative estimate of drug-likeness (QED) is 0.884. The van der Waals surface area contributed by atoms with E-state index in [0.717, 1.165) is 29.1 Å². The molecule has 6 heteroatoms. The van der Waals surface area contributed by atoms with Crippen molar-refractivity contribution in [3.05, 3.63) is 46.9 Å². The number of para-hydroxylation sites is 1. The predicted molar refractivity (Wildman–Crippen MR) is 87.7 cm³/mol. The number of aryl methyl sites for hydroxylation is 1. The van der Waals surface area contributed by atoms with Gasteiger partial charge in [0, 0.05) is 24.2 Å². The molecule has 2 N–H and O–H groups in total. The minimum absolute atomic E-state index is 0.130. The molecular weight excluding hydrogens is 292 g/mol. The summed E-state index contributed by atoms with van der Waals surface area (Å²) in [5, 5.41) is 6.15. The van der Waals surface area contributed by atoms with E-state index in [-0.39, 0.29) is 5.91 Å². The number of aromatic nitrogens is 2. The van der Waals surface area contributed by atoms with E-state index < -0.39 is 0 Å². The molecule has 0 atom stereocenters. The third-order valence-corrected chi connectivity index (χ3v) is 3.71. The molecule has 2 aromatic rings. The number of amides is 1. The fourth-order valence-corrected chi connectivity index (χ4v) is 2.68. The van der Waals surface area contributed by atoms with Gasteiger partial charge in [-0.1, -0.05) is 18.2 Å². The summed E-state index contributed by atoms with van der Waals surface area (Å²) in [6.45, 7) is 5.58. The number of fused-ring (bicyclic) bond motifs is 1. The molecule has 0 saturated carbocycles. The smallest absolute Gasteiger partial charge is 0.270 e. The second-order valence-corrected chi connectivity index (χ2v) is 5.35. The summed E-state index contributed by atoms with van der Waals surface area (Å²) >= 11 is 0. The Morgan fingerprint density at radius 2 is 2.13 bits per heavy atom. The van der Waals surface area contributed by atoms with Crippen LogP contribution < -0.4 is 15.4 Å². The van der Waals surface area contributed by atoms with E-state index >= 15 is 0 Å². The van der Waals surface area contributed by atoms with Gasteiger partial charge in [0.2, 0.25) is 0 Å². The third kappa shape index (κ3) is 3.26. The first-order valence-corrected chi connectivity index (χ1v) is 7.79. The lowest BCUT2D eigenvalue weighted by molar-refractivity contribution is 0.0940. The zero-order valence-corrected chi connectivity index (χ0v) is 13.3. The lowest BCUT2D eigenvalue weighted by atomic mass is 10.1. The van der Waals surface area contributed by atoms with Crippen molar-refractivity contribution in [2.45, 2.75) is 26.8 Å². The first-order valence-electron chi connectivity index (χ1n) is 7.79. The molecule has 0 radical (unpaired) electrons. The van der Waals surface area contributed by atoms with E-state index in [1.807, 2.05) is 31.2 Å². The van der Waals surface area contributed by atoms with Crippen molar-refractivity contribution in [2.75, 3.05) is 18.5 Å². The summed E-state index contributed by atoms with van der Waals surface area (Å²) in [5.74, 6) is 2.05. The summed E-state index contributed by atoms with van der Waals surface area (Å²) in [7, 11) is 0. The van der Waals surface area contributed by atoms with Crippen molar-refractivity contribution in [2.24, 2.45) is 0 Å². The number of hydrogen-bond acceptors (Lipinski definition) is 5. The molecule has 1 amide bonds. The zero-order valence-electron chi connectivity index (χ0n) is 13.3. The maximum atomic E-state index is 12.0. The highest BCUT2D eigenvalue weighted by molar-refractivity contribution is 5.95. The number of benzene rings is 1.